The van der Waals surface area contributed by atoms with E-state index in [0.29, 0.717) is 13.2 Å². The Bertz CT molecular complexity index is 654. The molecule has 26 heavy (non-hydrogen) atoms. The van der Waals surface area contributed by atoms with Gasteiger partial charge in [0.25, 0.3) is 0 Å². The van der Waals surface area contributed by atoms with Crippen LogP contribution in [0.2, 0.25) is 0 Å². The molecule has 0 unspecified atom stereocenters. The zero-order valence-electron chi connectivity index (χ0n) is 15.2. The standard InChI is InChI=1S/C18H26N6O2/c1-2-20-18(21-7-13-25-17-4-3-6-19-14-17)24-10-8-23(9-11-24)15-16-5-12-26-22-16/h3-6,12,14H,2,7-11,13,15H2,1H3,(H,20,21). The van der Waals surface area contributed by atoms with Crippen molar-refractivity contribution in [1.82, 2.24) is 25.3 Å². The van der Waals surface area contributed by atoms with E-state index >= 15 is 0 Å². The summed E-state index contributed by atoms with van der Waals surface area (Å²) in [5, 5.41) is 7.36. The van der Waals surface area contributed by atoms with Gasteiger partial charge in [-0.2, -0.15) is 0 Å². The van der Waals surface area contributed by atoms with Gasteiger partial charge >= 0.3 is 0 Å². The summed E-state index contributed by atoms with van der Waals surface area (Å²) in [4.78, 5) is 13.4. The molecular formula is C18H26N6O2. The van der Waals surface area contributed by atoms with E-state index in [1.165, 1.54) is 0 Å². The molecule has 0 bridgehead atoms. The zero-order chi connectivity index (χ0) is 18.0. The third kappa shape index (κ3) is 5.45. The zero-order valence-corrected chi connectivity index (χ0v) is 15.2. The van der Waals surface area contributed by atoms with Crippen LogP contribution in [0.25, 0.3) is 0 Å². The van der Waals surface area contributed by atoms with Crippen LogP contribution in [0.1, 0.15) is 12.6 Å². The van der Waals surface area contributed by atoms with Crippen LogP contribution in [0.15, 0.2) is 46.4 Å². The fourth-order valence-corrected chi connectivity index (χ4v) is 2.84. The minimum Gasteiger partial charge on any atom is -0.490 e. The number of pyridine rings is 1. The van der Waals surface area contributed by atoms with Crippen LogP contribution in [0.3, 0.4) is 0 Å². The average molecular weight is 358 g/mol. The number of guanidine groups is 1. The lowest BCUT2D eigenvalue weighted by Crippen LogP contribution is -2.52. The molecule has 0 radical (unpaired) electrons. The Labute approximate surface area is 153 Å². The van der Waals surface area contributed by atoms with Crippen molar-refractivity contribution in [2.75, 3.05) is 45.9 Å². The van der Waals surface area contributed by atoms with Crippen molar-refractivity contribution in [2.24, 2.45) is 4.99 Å². The van der Waals surface area contributed by atoms with Crippen LogP contribution < -0.4 is 10.1 Å². The van der Waals surface area contributed by atoms with Crippen LogP contribution in [-0.2, 0) is 6.54 Å². The molecule has 0 saturated carbocycles. The Morgan fingerprint density at radius 3 is 2.88 bits per heavy atom. The summed E-state index contributed by atoms with van der Waals surface area (Å²) in [6.07, 6.45) is 5.06. The molecule has 8 heteroatoms. The summed E-state index contributed by atoms with van der Waals surface area (Å²) in [7, 11) is 0. The topological polar surface area (TPSA) is 79.0 Å². The second kappa shape index (κ2) is 9.76. The van der Waals surface area contributed by atoms with Gasteiger partial charge in [0, 0.05) is 51.5 Å². The number of aromatic nitrogens is 2. The minimum atomic E-state index is 0.534. The van der Waals surface area contributed by atoms with Crippen molar-refractivity contribution >= 4 is 5.96 Å². The molecule has 0 aliphatic carbocycles. The first-order valence-corrected chi connectivity index (χ1v) is 9.03. The van der Waals surface area contributed by atoms with Gasteiger partial charge in [-0.15, -0.1) is 0 Å². The predicted octanol–water partition coefficient (Wildman–Crippen LogP) is 1.23. The fraction of sp³-hybridized carbons (Fsp3) is 0.500. The lowest BCUT2D eigenvalue weighted by atomic mass is 10.3. The van der Waals surface area contributed by atoms with E-state index in [9.17, 15) is 0 Å². The van der Waals surface area contributed by atoms with Gasteiger partial charge in [-0.05, 0) is 19.1 Å². The molecule has 1 saturated heterocycles. The van der Waals surface area contributed by atoms with Gasteiger partial charge in [0.2, 0.25) is 0 Å². The smallest absolute Gasteiger partial charge is 0.194 e. The predicted molar refractivity (Wildman–Crippen MR) is 99.1 cm³/mol. The van der Waals surface area contributed by atoms with E-state index in [1.807, 2.05) is 18.2 Å². The highest BCUT2D eigenvalue weighted by molar-refractivity contribution is 5.80. The highest BCUT2D eigenvalue weighted by atomic mass is 16.5. The number of aliphatic imine (C=N–C) groups is 1. The first-order valence-electron chi connectivity index (χ1n) is 9.03. The second-order valence-corrected chi connectivity index (χ2v) is 6.03. The number of piperazine rings is 1. The van der Waals surface area contributed by atoms with Crippen molar-refractivity contribution in [3.63, 3.8) is 0 Å². The van der Waals surface area contributed by atoms with Crippen LogP contribution in [0, 0.1) is 0 Å². The van der Waals surface area contributed by atoms with Crippen molar-refractivity contribution in [2.45, 2.75) is 13.5 Å². The molecule has 0 aromatic carbocycles. The molecule has 1 fully saturated rings. The summed E-state index contributed by atoms with van der Waals surface area (Å²) in [6, 6.07) is 5.68. The van der Waals surface area contributed by atoms with E-state index in [4.69, 9.17) is 14.3 Å². The summed E-state index contributed by atoms with van der Waals surface area (Å²) in [6.45, 7) is 8.73. The first kappa shape index (κ1) is 18.2. The molecule has 1 N–H and O–H groups in total. The van der Waals surface area contributed by atoms with Gasteiger partial charge in [0.15, 0.2) is 5.96 Å². The lowest BCUT2D eigenvalue weighted by molar-refractivity contribution is 0.169. The summed E-state index contributed by atoms with van der Waals surface area (Å²) >= 11 is 0. The van der Waals surface area contributed by atoms with Crippen LogP contribution in [-0.4, -0.2) is 71.8 Å². The highest BCUT2D eigenvalue weighted by Gasteiger charge is 2.20. The Balaban J connectivity index is 1.45. The van der Waals surface area contributed by atoms with Crippen molar-refractivity contribution in [1.29, 1.82) is 0 Å². The van der Waals surface area contributed by atoms with E-state index in [1.54, 1.807) is 18.7 Å². The molecule has 0 amide bonds. The quantitative estimate of drug-likeness (QED) is 0.453. The van der Waals surface area contributed by atoms with E-state index in [2.05, 4.69) is 32.2 Å². The van der Waals surface area contributed by atoms with E-state index < -0.39 is 0 Å². The summed E-state index contributed by atoms with van der Waals surface area (Å²) in [5.41, 5.74) is 0.978. The van der Waals surface area contributed by atoms with E-state index in [0.717, 1.165) is 56.7 Å². The number of hydrogen-bond acceptors (Lipinski definition) is 6. The van der Waals surface area contributed by atoms with Crippen LogP contribution in [0.4, 0.5) is 0 Å². The molecule has 0 atom stereocenters. The van der Waals surface area contributed by atoms with Gasteiger partial charge in [0.1, 0.15) is 18.6 Å². The number of rotatable bonds is 7. The molecular weight excluding hydrogens is 332 g/mol. The molecule has 2 aromatic heterocycles. The maximum atomic E-state index is 5.66. The van der Waals surface area contributed by atoms with Gasteiger partial charge in [-0.3, -0.25) is 9.88 Å². The fourth-order valence-electron chi connectivity index (χ4n) is 2.84. The third-order valence-electron chi connectivity index (χ3n) is 4.14. The maximum Gasteiger partial charge on any atom is 0.194 e. The SMILES string of the molecule is CCNC(=NCCOc1cccnc1)N1CCN(Cc2ccon2)CC1. The molecule has 2 aromatic rings. The van der Waals surface area contributed by atoms with Crippen LogP contribution in [0.5, 0.6) is 5.75 Å². The summed E-state index contributed by atoms with van der Waals surface area (Å²) < 4.78 is 10.6. The highest BCUT2D eigenvalue weighted by Crippen LogP contribution is 2.08. The van der Waals surface area contributed by atoms with Gasteiger partial charge < -0.3 is 19.5 Å². The molecule has 8 nitrogen and oxygen atoms in total. The van der Waals surface area contributed by atoms with Crippen molar-refractivity contribution in [3.05, 3.63) is 42.5 Å². The molecule has 140 valence electrons. The normalized spacial score (nSPS) is 15.9. The monoisotopic (exact) mass is 358 g/mol. The number of nitrogens with one attached hydrogen (secondary N) is 1. The van der Waals surface area contributed by atoms with Crippen molar-refractivity contribution < 1.29 is 9.26 Å². The maximum absolute atomic E-state index is 5.66. The Hall–Kier alpha value is -2.61. The second-order valence-electron chi connectivity index (χ2n) is 6.03. The number of ether oxygens (including phenoxy) is 1. The van der Waals surface area contributed by atoms with Crippen LogP contribution >= 0.6 is 0 Å². The van der Waals surface area contributed by atoms with Crippen molar-refractivity contribution in [3.8, 4) is 5.75 Å². The average Bonchev–Trinajstić information content (AvgIpc) is 3.19. The third-order valence-corrected chi connectivity index (χ3v) is 4.14. The number of hydrogen-bond donors (Lipinski definition) is 1. The molecule has 3 rings (SSSR count). The Morgan fingerprint density at radius 1 is 1.31 bits per heavy atom. The minimum absolute atomic E-state index is 0.534. The molecule has 1 aliphatic heterocycles. The largest absolute Gasteiger partial charge is 0.490 e. The lowest BCUT2D eigenvalue weighted by Gasteiger charge is -2.36. The Kier molecular flexibility index (Phi) is 6.83. The molecule has 3 heterocycles. The molecule has 0 spiro atoms. The first-order chi connectivity index (χ1) is 12.8. The number of nitrogens with zero attached hydrogens (tertiary/aromatic N) is 5. The molecule has 1 aliphatic rings. The van der Waals surface area contributed by atoms with E-state index in [-0.39, 0.29) is 0 Å². The summed E-state index contributed by atoms with van der Waals surface area (Å²) in [5.74, 6) is 1.72. The van der Waals surface area contributed by atoms with Gasteiger partial charge in [-0.1, -0.05) is 5.16 Å². The van der Waals surface area contributed by atoms with Gasteiger partial charge in [-0.25, -0.2) is 4.99 Å². The Morgan fingerprint density at radius 2 is 2.19 bits per heavy atom. The van der Waals surface area contributed by atoms with Gasteiger partial charge in [0.05, 0.1) is 18.4 Å².